The van der Waals surface area contributed by atoms with Gasteiger partial charge in [-0.05, 0) is 36.4 Å². The Morgan fingerprint density at radius 1 is 1.00 bits per heavy atom. The third-order valence-electron chi connectivity index (χ3n) is 2.21. The molecular formula is C12H7Cl3O3S. The van der Waals surface area contributed by atoms with Gasteiger partial charge in [0.15, 0.2) is 0 Å². The lowest BCUT2D eigenvalue weighted by molar-refractivity contribution is 0.482. The number of benzene rings is 2. The number of hydrogen-bond acceptors (Lipinski definition) is 3. The molecule has 0 N–H and O–H groups in total. The Balaban J connectivity index is 2.32. The molecule has 2 aromatic rings. The Morgan fingerprint density at radius 3 is 2.32 bits per heavy atom. The Hall–Kier alpha value is -0.940. The smallest absolute Gasteiger partial charge is 0.261 e. The second kappa shape index (κ2) is 5.59. The van der Waals surface area contributed by atoms with Gasteiger partial charge in [-0.15, -0.1) is 0 Å². The first-order valence-electron chi connectivity index (χ1n) is 5.04. The van der Waals surface area contributed by atoms with Crippen molar-refractivity contribution >= 4 is 42.9 Å². The maximum Gasteiger partial charge on any atom is 0.261 e. The van der Waals surface area contributed by atoms with Crippen LogP contribution in [-0.2, 0) is 9.05 Å². The van der Waals surface area contributed by atoms with E-state index in [0.717, 1.165) is 0 Å². The summed E-state index contributed by atoms with van der Waals surface area (Å²) in [7, 11) is 1.41. The molecule has 7 heteroatoms. The third-order valence-corrected chi connectivity index (χ3v) is 4.09. The van der Waals surface area contributed by atoms with Gasteiger partial charge in [0.2, 0.25) is 0 Å². The molecule has 0 atom stereocenters. The zero-order valence-corrected chi connectivity index (χ0v) is 12.4. The van der Waals surface area contributed by atoms with Crippen molar-refractivity contribution in [3.63, 3.8) is 0 Å². The van der Waals surface area contributed by atoms with Crippen LogP contribution in [0, 0.1) is 0 Å². The van der Waals surface area contributed by atoms with E-state index >= 15 is 0 Å². The van der Waals surface area contributed by atoms with E-state index in [-0.39, 0.29) is 9.92 Å². The fourth-order valence-corrected chi connectivity index (χ4v) is 2.61. The van der Waals surface area contributed by atoms with Gasteiger partial charge < -0.3 is 4.74 Å². The zero-order valence-electron chi connectivity index (χ0n) is 9.31. The Labute approximate surface area is 125 Å². The SMILES string of the molecule is O=S(=O)(Cl)c1ccc(Oc2cccc(Cl)c2)c(Cl)c1. The summed E-state index contributed by atoms with van der Waals surface area (Å²) < 4.78 is 27.8. The van der Waals surface area contributed by atoms with Gasteiger partial charge in [0.1, 0.15) is 11.5 Å². The van der Waals surface area contributed by atoms with E-state index < -0.39 is 9.05 Å². The van der Waals surface area contributed by atoms with Crippen LogP contribution in [0.5, 0.6) is 11.5 Å². The average Bonchev–Trinajstić information content (AvgIpc) is 2.30. The molecule has 0 saturated heterocycles. The van der Waals surface area contributed by atoms with E-state index in [0.29, 0.717) is 16.5 Å². The van der Waals surface area contributed by atoms with E-state index in [4.69, 9.17) is 38.6 Å². The van der Waals surface area contributed by atoms with Crippen LogP contribution < -0.4 is 4.74 Å². The molecule has 0 heterocycles. The molecule has 2 rings (SSSR count). The second-order valence-electron chi connectivity index (χ2n) is 3.59. The van der Waals surface area contributed by atoms with Gasteiger partial charge >= 0.3 is 0 Å². The molecule has 0 fully saturated rings. The van der Waals surface area contributed by atoms with Crippen molar-refractivity contribution in [2.75, 3.05) is 0 Å². The van der Waals surface area contributed by atoms with E-state index in [1.807, 2.05) is 0 Å². The minimum absolute atomic E-state index is 0.0855. The normalized spacial score (nSPS) is 11.3. The average molecular weight is 338 g/mol. The minimum atomic E-state index is -3.81. The highest BCUT2D eigenvalue weighted by molar-refractivity contribution is 8.13. The molecule has 19 heavy (non-hydrogen) atoms. The van der Waals surface area contributed by atoms with E-state index in [9.17, 15) is 8.42 Å². The van der Waals surface area contributed by atoms with Gasteiger partial charge in [-0.1, -0.05) is 29.3 Å². The Bertz CT molecular complexity index is 714. The van der Waals surface area contributed by atoms with Crippen molar-refractivity contribution in [1.29, 1.82) is 0 Å². The molecule has 100 valence electrons. The first-order chi connectivity index (χ1) is 8.86. The lowest BCUT2D eigenvalue weighted by Crippen LogP contribution is -1.92. The quantitative estimate of drug-likeness (QED) is 0.762. The lowest BCUT2D eigenvalue weighted by atomic mass is 10.3. The van der Waals surface area contributed by atoms with Gasteiger partial charge in [0.05, 0.1) is 9.92 Å². The minimum Gasteiger partial charge on any atom is -0.456 e. The van der Waals surface area contributed by atoms with Crippen molar-refractivity contribution in [1.82, 2.24) is 0 Å². The summed E-state index contributed by atoms with van der Waals surface area (Å²) in [4.78, 5) is -0.0855. The number of halogens is 3. The highest BCUT2D eigenvalue weighted by atomic mass is 35.7. The maximum absolute atomic E-state index is 11.1. The summed E-state index contributed by atoms with van der Waals surface area (Å²) in [6, 6.07) is 10.7. The first kappa shape index (κ1) is 14.5. The number of rotatable bonds is 3. The molecule has 0 spiro atoms. The Morgan fingerprint density at radius 2 is 1.74 bits per heavy atom. The van der Waals surface area contributed by atoms with E-state index in [1.165, 1.54) is 18.2 Å². The van der Waals surface area contributed by atoms with Crippen LogP contribution in [0.3, 0.4) is 0 Å². The Kier molecular flexibility index (Phi) is 4.26. The van der Waals surface area contributed by atoms with E-state index in [1.54, 1.807) is 24.3 Å². The predicted octanol–water partition coefficient (Wildman–Crippen LogP) is 4.71. The zero-order chi connectivity index (χ0) is 14.0. The van der Waals surface area contributed by atoms with Crippen LogP contribution in [0.25, 0.3) is 0 Å². The van der Waals surface area contributed by atoms with E-state index in [2.05, 4.69) is 0 Å². The first-order valence-corrected chi connectivity index (χ1v) is 8.10. The van der Waals surface area contributed by atoms with Crippen LogP contribution in [0.15, 0.2) is 47.4 Å². The summed E-state index contributed by atoms with van der Waals surface area (Å²) in [5.74, 6) is 0.809. The standard InChI is InChI=1S/C12H7Cl3O3S/c13-8-2-1-3-9(6-8)18-12-5-4-10(7-11(12)14)19(15,16)17/h1-7H. The summed E-state index contributed by atoms with van der Waals surface area (Å²) >= 11 is 11.8. The number of ether oxygens (including phenoxy) is 1. The maximum atomic E-state index is 11.1. The van der Waals surface area contributed by atoms with Crippen LogP contribution in [0.1, 0.15) is 0 Å². The lowest BCUT2D eigenvalue weighted by Gasteiger charge is -2.08. The summed E-state index contributed by atoms with van der Waals surface area (Å²) in [6.45, 7) is 0. The summed E-state index contributed by atoms with van der Waals surface area (Å²) in [6.07, 6.45) is 0. The fourth-order valence-electron chi connectivity index (χ4n) is 1.37. The number of hydrogen-bond donors (Lipinski definition) is 0. The van der Waals surface area contributed by atoms with Gasteiger partial charge in [-0.2, -0.15) is 0 Å². The van der Waals surface area contributed by atoms with Gasteiger partial charge in [-0.25, -0.2) is 8.42 Å². The molecule has 2 aromatic carbocycles. The van der Waals surface area contributed by atoms with Crippen LogP contribution in [0.4, 0.5) is 0 Å². The molecule has 0 bridgehead atoms. The van der Waals surface area contributed by atoms with Crippen molar-refractivity contribution in [2.45, 2.75) is 4.90 Å². The highest BCUT2D eigenvalue weighted by Crippen LogP contribution is 2.32. The molecule has 0 saturated carbocycles. The van der Waals surface area contributed by atoms with Crippen molar-refractivity contribution in [3.05, 3.63) is 52.5 Å². The van der Waals surface area contributed by atoms with Crippen molar-refractivity contribution in [2.24, 2.45) is 0 Å². The molecule has 0 radical (unpaired) electrons. The predicted molar refractivity (Wildman–Crippen MR) is 76.0 cm³/mol. The largest absolute Gasteiger partial charge is 0.456 e. The molecule has 0 aromatic heterocycles. The fraction of sp³-hybridized carbons (Fsp3) is 0. The van der Waals surface area contributed by atoms with Crippen LogP contribution in [0.2, 0.25) is 10.0 Å². The van der Waals surface area contributed by atoms with Crippen LogP contribution in [-0.4, -0.2) is 8.42 Å². The monoisotopic (exact) mass is 336 g/mol. The summed E-state index contributed by atoms with van der Waals surface area (Å²) in [5, 5.41) is 0.662. The molecule has 0 amide bonds. The third kappa shape index (κ3) is 3.76. The molecule has 0 aliphatic heterocycles. The molecule has 0 aliphatic rings. The van der Waals surface area contributed by atoms with Crippen LogP contribution >= 0.6 is 33.9 Å². The highest BCUT2D eigenvalue weighted by Gasteiger charge is 2.13. The molecule has 0 aliphatic carbocycles. The molecule has 0 unspecified atom stereocenters. The second-order valence-corrected chi connectivity index (χ2v) is 7.00. The topological polar surface area (TPSA) is 43.4 Å². The van der Waals surface area contributed by atoms with Gasteiger partial charge in [0, 0.05) is 15.7 Å². The molecule has 3 nitrogen and oxygen atoms in total. The van der Waals surface area contributed by atoms with Gasteiger partial charge in [-0.3, -0.25) is 0 Å². The molecular weight excluding hydrogens is 331 g/mol. The van der Waals surface area contributed by atoms with Gasteiger partial charge in [0.25, 0.3) is 9.05 Å². The summed E-state index contributed by atoms with van der Waals surface area (Å²) in [5.41, 5.74) is 0. The van der Waals surface area contributed by atoms with Crippen molar-refractivity contribution < 1.29 is 13.2 Å². The van der Waals surface area contributed by atoms with Crippen molar-refractivity contribution in [3.8, 4) is 11.5 Å².